The molecule has 1 saturated carbocycles. The molecule has 0 atom stereocenters. The van der Waals surface area contributed by atoms with E-state index < -0.39 is 5.41 Å². The lowest BCUT2D eigenvalue weighted by Gasteiger charge is -2.15. The number of carbonyl (C=O) groups is 1. The predicted octanol–water partition coefficient (Wildman–Crippen LogP) is 5.49. The van der Waals surface area contributed by atoms with E-state index in [2.05, 4.69) is 6.07 Å². The van der Waals surface area contributed by atoms with Gasteiger partial charge >= 0.3 is 0 Å². The van der Waals surface area contributed by atoms with Crippen LogP contribution in [0.15, 0.2) is 71.6 Å². The second-order valence-corrected chi connectivity index (χ2v) is 8.22. The van der Waals surface area contributed by atoms with Crippen LogP contribution in [0.4, 0.5) is 0 Å². The highest BCUT2D eigenvalue weighted by atomic mass is 32.2. The molecule has 29 heavy (non-hydrogen) atoms. The van der Waals surface area contributed by atoms with Crippen molar-refractivity contribution in [3.8, 4) is 22.6 Å². The summed E-state index contributed by atoms with van der Waals surface area (Å²) >= 11 is 0.738. The summed E-state index contributed by atoms with van der Waals surface area (Å²) in [5.41, 5.74) is 3.78. The largest absolute Gasteiger partial charge is 0.454 e. The van der Waals surface area contributed by atoms with Gasteiger partial charge in [-0.1, -0.05) is 42.5 Å². The summed E-state index contributed by atoms with van der Waals surface area (Å²) in [5.74, 6) is 1.73. The zero-order chi connectivity index (χ0) is 19.8. The molecule has 1 aliphatic carbocycles. The minimum absolute atomic E-state index is 0.241. The average Bonchev–Trinajstić information content (AvgIpc) is 3.45. The fourth-order valence-corrected chi connectivity index (χ4v) is 4.23. The monoisotopic (exact) mass is 404 g/mol. The molecule has 0 aromatic heterocycles. The molecule has 5 heteroatoms. The summed E-state index contributed by atoms with van der Waals surface area (Å²) in [6, 6.07) is 21.7. The van der Waals surface area contributed by atoms with Crippen LogP contribution in [0.1, 0.15) is 24.0 Å². The van der Waals surface area contributed by atoms with Gasteiger partial charge in [-0.2, -0.15) is 0 Å². The van der Waals surface area contributed by atoms with Crippen LogP contribution in [0.5, 0.6) is 11.5 Å². The van der Waals surface area contributed by atoms with Crippen molar-refractivity contribution in [1.82, 2.24) is 0 Å². The van der Waals surface area contributed by atoms with Gasteiger partial charge in [-0.3, -0.25) is 4.79 Å². The molecule has 146 valence electrons. The van der Waals surface area contributed by atoms with Crippen LogP contribution >= 0.6 is 12.0 Å². The van der Waals surface area contributed by atoms with Crippen molar-refractivity contribution in [3.05, 3.63) is 77.9 Å². The van der Waals surface area contributed by atoms with E-state index in [1.165, 1.54) is 0 Å². The highest BCUT2D eigenvalue weighted by molar-refractivity contribution is 7.93. The lowest BCUT2D eigenvalue weighted by molar-refractivity contribution is -0.120. The molecule has 4 nitrogen and oxygen atoms in total. The van der Waals surface area contributed by atoms with Crippen molar-refractivity contribution in [1.29, 1.82) is 0 Å². The van der Waals surface area contributed by atoms with Gasteiger partial charge in [-0.05, 0) is 59.4 Å². The number of fused-ring (bicyclic) bond motifs is 1. The van der Waals surface area contributed by atoms with E-state index in [4.69, 9.17) is 14.0 Å². The van der Waals surface area contributed by atoms with Gasteiger partial charge in [0.25, 0.3) is 0 Å². The Morgan fingerprint density at radius 3 is 2.48 bits per heavy atom. The van der Waals surface area contributed by atoms with Crippen molar-refractivity contribution in [3.63, 3.8) is 0 Å². The fraction of sp³-hybridized carbons (Fsp3) is 0.208. The third-order valence-electron chi connectivity index (χ3n) is 5.79. The molecule has 0 radical (unpaired) electrons. The van der Waals surface area contributed by atoms with E-state index in [1.807, 2.05) is 60.7 Å². The van der Waals surface area contributed by atoms with Crippen LogP contribution < -0.4 is 9.47 Å². The van der Waals surface area contributed by atoms with E-state index in [9.17, 15) is 4.79 Å². The maximum absolute atomic E-state index is 13.2. The molecule has 1 heterocycles. The van der Waals surface area contributed by atoms with Gasteiger partial charge in [0.2, 0.25) is 6.79 Å². The summed E-state index contributed by atoms with van der Waals surface area (Å²) in [4.78, 5) is 14.0. The molecule has 0 saturated heterocycles. The van der Waals surface area contributed by atoms with E-state index in [1.54, 1.807) is 0 Å². The van der Waals surface area contributed by atoms with Gasteiger partial charge in [0.15, 0.2) is 11.5 Å². The number of ketones is 1. The van der Waals surface area contributed by atoms with Gasteiger partial charge in [0, 0.05) is 23.4 Å². The van der Waals surface area contributed by atoms with Crippen LogP contribution in [0.2, 0.25) is 0 Å². The van der Waals surface area contributed by atoms with Gasteiger partial charge in [0.05, 0.1) is 5.41 Å². The lowest BCUT2D eigenvalue weighted by Crippen LogP contribution is -2.22. The number of rotatable bonds is 6. The van der Waals surface area contributed by atoms with Crippen LogP contribution in [0, 0.1) is 0 Å². The Hall–Kier alpha value is -2.76. The first-order valence-corrected chi connectivity index (χ1v) is 10.4. The van der Waals surface area contributed by atoms with Crippen molar-refractivity contribution < 1.29 is 18.8 Å². The van der Waals surface area contributed by atoms with Gasteiger partial charge in [0.1, 0.15) is 5.78 Å². The first-order chi connectivity index (χ1) is 14.2. The molecule has 3 aromatic carbocycles. The smallest absolute Gasteiger partial charge is 0.231 e. The predicted molar refractivity (Wildman–Crippen MR) is 113 cm³/mol. The number of carbonyl (C=O) groups excluding carboxylic acids is 1. The van der Waals surface area contributed by atoms with Crippen LogP contribution in [0.25, 0.3) is 11.1 Å². The molecule has 3 aromatic rings. The quantitative estimate of drug-likeness (QED) is 0.551. The number of hydrogen-bond acceptors (Lipinski definition) is 5. The first kappa shape index (κ1) is 18.3. The second-order valence-electron chi connectivity index (χ2n) is 7.57. The van der Waals surface area contributed by atoms with Crippen molar-refractivity contribution in [2.45, 2.75) is 29.6 Å². The number of Topliss-reactive ketones (excluding diaryl/α,β-unsaturated/α-hetero) is 1. The maximum Gasteiger partial charge on any atom is 0.231 e. The highest BCUT2D eigenvalue weighted by Crippen LogP contribution is 2.51. The lowest BCUT2D eigenvalue weighted by atomic mass is 9.87. The van der Waals surface area contributed by atoms with Crippen molar-refractivity contribution >= 4 is 17.8 Å². The molecule has 0 unspecified atom stereocenters. The van der Waals surface area contributed by atoms with E-state index >= 15 is 0 Å². The summed E-state index contributed by atoms with van der Waals surface area (Å²) in [5, 5.41) is 0. The first-order valence-electron chi connectivity index (χ1n) is 9.62. The number of benzene rings is 3. The Kier molecular flexibility index (Phi) is 4.57. The SMILES string of the molecule is O=C(Cc1cccc(-c2ccc(SO)cc2)c1)C1(c2ccc3c(c2)OCO3)CC1. The van der Waals surface area contributed by atoms with Gasteiger partial charge in [-0.25, -0.2) is 0 Å². The second kappa shape index (κ2) is 7.25. The normalized spacial score (nSPS) is 15.9. The van der Waals surface area contributed by atoms with Crippen molar-refractivity contribution in [2.24, 2.45) is 0 Å². The highest BCUT2D eigenvalue weighted by Gasteiger charge is 2.50. The van der Waals surface area contributed by atoms with Crippen LogP contribution in [-0.2, 0) is 16.6 Å². The average molecular weight is 404 g/mol. The van der Waals surface area contributed by atoms with Crippen LogP contribution in [0.3, 0.4) is 0 Å². The van der Waals surface area contributed by atoms with Crippen LogP contribution in [-0.4, -0.2) is 17.1 Å². The Bertz CT molecular complexity index is 1070. The zero-order valence-corrected chi connectivity index (χ0v) is 16.6. The minimum atomic E-state index is -0.392. The molecule has 0 bridgehead atoms. The fourth-order valence-electron chi connectivity index (χ4n) is 3.97. The van der Waals surface area contributed by atoms with E-state index in [0.29, 0.717) is 6.42 Å². The topological polar surface area (TPSA) is 55.8 Å². The summed E-state index contributed by atoms with van der Waals surface area (Å²) in [6.07, 6.45) is 2.17. The standard InChI is InChI=1S/C24H20O4S/c25-23(24(10-11-24)19-6-9-21-22(14-19)28-15-27-21)13-16-2-1-3-18(12-16)17-4-7-20(29-26)8-5-17/h1-9,12,14,26H,10-11,13,15H2. The zero-order valence-electron chi connectivity index (χ0n) is 15.8. The molecule has 0 spiro atoms. The summed E-state index contributed by atoms with van der Waals surface area (Å²) in [7, 11) is 0. The molecule has 1 fully saturated rings. The number of hydrogen-bond donors (Lipinski definition) is 1. The maximum atomic E-state index is 13.2. The molecular formula is C24H20O4S. The third kappa shape index (κ3) is 3.41. The third-order valence-corrected chi connectivity index (χ3v) is 6.28. The Morgan fingerprint density at radius 2 is 1.72 bits per heavy atom. The molecule has 0 amide bonds. The van der Waals surface area contributed by atoms with Gasteiger partial charge < -0.3 is 14.0 Å². The molecule has 5 rings (SSSR count). The van der Waals surface area contributed by atoms with Crippen molar-refractivity contribution in [2.75, 3.05) is 6.79 Å². The Morgan fingerprint density at radius 1 is 0.931 bits per heavy atom. The molecule has 2 aliphatic rings. The van der Waals surface area contributed by atoms with E-state index in [-0.39, 0.29) is 12.6 Å². The molecule has 1 N–H and O–H groups in total. The van der Waals surface area contributed by atoms with E-state index in [0.717, 1.165) is 63.5 Å². The Balaban J connectivity index is 1.37. The molecular weight excluding hydrogens is 384 g/mol. The summed E-state index contributed by atoms with van der Waals surface area (Å²) < 4.78 is 20.0. The van der Waals surface area contributed by atoms with Gasteiger partial charge in [-0.15, -0.1) is 0 Å². The Labute approximate surface area is 173 Å². The minimum Gasteiger partial charge on any atom is -0.454 e. The number of ether oxygens (including phenoxy) is 2. The summed E-state index contributed by atoms with van der Waals surface area (Å²) in [6.45, 7) is 0.241. The molecule has 1 aliphatic heterocycles.